The summed E-state index contributed by atoms with van der Waals surface area (Å²) < 4.78 is 6.31. The van der Waals surface area contributed by atoms with E-state index >= 15 is 0 Å². The number of aryl methyl sites for hydroxylation is 1. The first kappa shape index (κ1) is 26.1. The molecule has 0 aliphatic heterocycles. The molecule has 4 aromatic rings. The van der Waals surface area contributed by atoms with Crippen molar-refractivity contribution in [3.8, 4) is 5.75 Å². The first-order valence-corrected chi connectivity index (χ1v) is 15.2. The molecule has 1 saturated carbocycles. The summed E-state index contributed by atoms with van der Waals surface area (Å²) in [4.78, 5) is 20.0. The standard InChI is InChI=1S/C33H33ClN2O2S/c34-24-17-14-22(15-18-24)21-38-29-19-16-23-8-4-5-11-26(23)28(29)20-35-33-31(27-12-6-7-13-30(27)39-33)32(37)36-25-9-2-1-3-10-25/h4-5,8,11,14-20,25H,1-3,6-7,9-10,12-13,21H2,(H,36,37). The van der Waals surface area contributed by atoms with Crippen molar-refractivity contribution in [2.24, 2.45) is 4.99 Å². The molecule has 6 heteroatoms. The number of thiophene rings is 1. The monoisotopic (exact) mass is 556 g/mol. The normalized spacial score (nSPS) is 15.9. The van der Waals surface area contributed by atoms with E-state index in [1.54, 1.807) is 11.3 Å². The average molecular weight is 557 g/mol. The van der Waals surface area contributed by atoms with Crippen LogP contribution in [0.1, 0.15) is 76.9 Å². The second kappa shape index (κ2) is 11.9. The number of amides is 1. The number of rotatable bonds is 7. The SMILES string of the molecule is O=C(NC1CCCCC1)c1c(N=Cc2c(OCc3ccc(Cl)cc3)ccc3ccccc23)sc2c1CCCC2. The van der Waals surface area contributed by atoms with Crippen molar-refractivity contribution >= 4 is 50.8 Å². The van der Waals surface area contributed by atoms with Crippen molar-refractivity contribution < 1.29 is 9.53 Å². The Balaban J connectivity index is 1.34. The molecule has 0 bridgehead atoms. The summed E-state index contributed by atoms with van der Waals surface area (Å²) in [5, 5.41) is 7.07. The highest BCUT2D eigenvalue weighted by Gasteiger charge is 2.27. The third kappa shape index (κ3) is 5.90. The molecule has 0 unspecified atom stereocenters. The summed E-state index contributed by atoms with van der Waals surface area (Å²) in [6, 6.07) is 20.3. The van der Waals surface area contributed by atoms with E-state index in [-0.39, 0.29) is 11.9 Å². The number of nitrogens with one attached hydrogen (secondary N) is 1. The molecule has 1 aromatic heterocycles. The van der Waals surface area contributed by atoms with Gasteiger partial charge in [0.25, 0.3) is 5.91 Å². The molecular weight excluding hydrogens is 524 g/mol. The maximum Gasteiger partial charge on any atom is 0.254 e. The van der Waals surface area contributed by atoms with Gasteiger partial charge in [0.1, 0.15) is 17.4 Å². The molecule has 2 aliphatic rings. The largest absolute Gasteiger partial charge is 0.488 e. The first-order valence-electron chi connectivity index (χ1n) is 14.0. The maximum absolute atomic E-state index is 13.6. The molecule has 6 rings (SSSR count). The van der Waals surface area contributed by atoms with Crippen LogP contribution in [0.2, 0.25) is 5.02 Å². The van der Waals surface area contributed by atoms with Gasteiger partial charge in [0.15, 0.2) is 0 Å². The first-order chi connectivity index (χ1) is 19.2. The van der Waals surface area contributed by atoms with Gasteiger partial charge in [-0.1, -0.05) is 73.3 Å². The van der Waals surface area contributed by atoms with E-state index in [1.165, 1.54) is 36.1 Å². The van der Waals surface area contributed by atoms with Crippen LogP contribution >= 0.6 is 22.9 Å². The molecule has 0 saturated heterocycles. The average Bonchev–Trinajstić information content (AvgIpc) is 3.35. The number of halogens is 1. The molecule has 3 aromatic carbocycles. The van der Waals surface area contributed by atoms with Gasteiger partial charge in [-0.25, -0.2) is 4.99 Å². The lowest BCUT2D eigenvalue weighted by molar-refractivity contribution is 0.0927. The zero-order valence-electron chi connectivity index (χ0n) is 22.0. The number of carbonyl (C=O) groups excluding carboxylic acids is 1. The Labute approximate surface area is 239 Å². The number of aliphatic imine (C=N–C) groups is 1. The Bertz CT molecular complexity index is 1500. The lowest BCUT2D eigenvalue weighted by Gasteiger charge is -2.23. The zero-order chi connectivity index (χ0) is 26.6. The van der Waals surface area contributed by atoms with Gasteiger partial charge < -0.3 is 10.1 Å². The van der Waals surface area contributed by atoms with E-state index in [4.69, 9.17) is 21.3 Å². The molecule has 0 atom stereocenters. The smallest absolute Gasteiger partial charge is 0.254 e. The molecule has 39 heavy (non-hydrogen) atoms. The van der Waals surface area contributed by atoms with E-state index in [2.05, 4.69) is 23.5 Å². The Hall–Kier alpha value is -3.15. The van der Waals surface area contributed by atoms with Crippen molar-refractivity contribution in [3.05, 3.63) is 92.8 Å². The minimum Gasteiger partial charge on any atom is -0.488 e. The van der Waals surface area contributed by atoms with Gasteiger partial charge in [-0.15, -0.1) is 11.3 Å². The molecule has 0 radical (unpaired) electrons. The maximum atomic E-state index is 13.6. The fourth-order valence-corrected chi connectivity index (χ4v) is 7.14. The Morgan fingerprint density at radius 1 is 0.974 bits per heavy atom. The van der Waals surface area contributed by atoms with Crippen LogP contribution in [0.5, 0.6) is 5.75 Å². The highest BCUT2D eigenvalue weighted by atomic mass is 35.5. The highest BCUT2D eigenvalue weighted by molar-refractivity contribution is 7.16. The van der Waals surface area contributed by atoms with Gasteiger partial charge in [0.05, 0.1) is 5.56 Å². The summed E-state index contributed by atoms with van der Waals surface area (Å²) >= 11 is 7.74. The van der Waals surface area contributed by atoms with E-state index < -0.39 is 0 Å². The van der Waals surface area contributed by atoms with Crippen molar-refractivity contribution in [2.75, 3.05) is 0 Å². The molecule has 200 valence electrons. The van der Waals surface area contributed by atoms with Gasteiger partial charge in [-0.2, -0.15) is 0 Å². The molecule has 2 aliphatic carbocycles. The number of hydrogen-bond donors (Lipinski definition) is 1. The summed E-state index contributed by atoms with van der Waals surface area (Å²) in [5.74, 6) is 0.813. The third-order valence-corrected chi connectivity index (χ3v) is 9.32. The molecular formula is C33H33ClN2O2S. The van der Waals surface area contributed by atoms with Crippen LogP contribution in [0.4, 0.5) is 5.00 Å². The number of nitrogens with zero attached hydrogens (tertiary/aromatic N) is 1. The second-order valence-corrected chi connectivity index (χ2v) is 12.1. The van der Waals surface area contributed by atoms with Gasteiger partial charge >= 0.3 is 0 Å². The van der Waals surface area contributed by atoms with Crippen LogP contribution < -0.4 is 10.1 Å². The Kier molecular flexibility index (Phi) is 7.98. The van der Waals surface area contributed by atoms with Gasteiger partial charge in [0.2, 0.25) is 0 Å². The third-order valence-electron chi connectivity index (χ3n) is 7.87. The van der Waals surface area contributed by atoms with Crippen LogP contribution in [0.3, 0.4) is 0 Å². The van der Waals surface area contributed by atoms with Crippen molar-refractivity contribution in [1.29, 1.82) is 0 Å². The van der Waals surface area contributed by atoms with Crippen LogP contribution in [-0.2, 0) is 19.4 Å². The lowest BCUT2D eigenvalue weighted by Crippen LogP contribution is -2.36. The summed E-state index contributed by atoms with van der Waals surface area (Å²) in [5.41, 5.74) is 3.97. The lowest BCUT2D eigenvalue weighted by atomic mass is 9.93. The van der Waals surface area contributed by atoms with E-state index in [9.17, 15) is 4.79 Å². The van der Waals surface area contributed by atoms with Crippen LogP contribution in [0, 0.1) is 0 Å². The number of benzene rings is 3. The Morgan fingerprint density at radius 3 is 2.62 bits per heavy atom. The zero-order valence-corrected chi connectivity index (χ0v) is 23.6. The highest BCUT2D eigenvalue weighted by Crippen LogP contribution is 2.40. The van der Waals surface area contributed by atoms with E-state index in [1.807, 2.05) is 48.7 Å². The molecule has 1 amide bonds. The van der Waals surface area contributed by atoms with Gasteiger partial charge in [0, 0.05) is 27.7 Å². The predicted molar refractivity (Wildman–Crippen MR) is 162 cm³/mol. The molecule has 1 N–H and O–H groups in total. The number of ether oxygens (including phenoxy) is 1. The molecule has 0 spiro atoms. The van der Waals surface area contributed by atoms with Crippen molar-refractivity contribution in [1.82, 2.24) is 5.32 Å². The quantitative estimate of drug-likeness (QED) is 0.231. The van der Waals surface area contributed by atoms with E-state index in [0.717, 1.165) is 70.3 Å². The van der Waals surface area contributed by atoms with Crippen LogP contribution in [0.15, 0.2) is 65.7 Å². The number of hydrogen-bond acceptors (Lipinski definition) is 4. The molecule has 4 nitrogen and oxygen atoms in total. The van der Waals surface area contributed by atoms with Gasteiger partial charge in [-0.3, -0.25) is 4.79 Å². The second-order valence-electron chi connectivity index (χ2n) is 10.6. The van der Waals surface area contributed by atoms with Gasteiger partial charge in [-0.05, 0) is 78.6 Å². The predicted octanol–water partition coefficient (Wildman–Crippen LogP) is 8.83. The topological polar surface area (TPSA) is 50.7 Å². The molecule has 1 fully saturated rings. The minimum atomic E-state index is 0.0468. The summed E-state index contributed by atoms with van der Waals surface area (Å²) in [6.45, 7) is 0.429. The fraction of sp³-hybridized carbons (Fsp3) is 0.333. The fourth-order valence-electron chi connectivity index (χ4n) is 5.78. The number of fused-ring (bicyclic) bond motifs is 2. The molecule has 1 heterocycles. The summed E-state index contributed by atoms with van der Waals surface area (Å²) in [6.07, 6.45) is 12.0. The van der Waals surface area contributed by atoms with Crippen molar-refractivity contribution in [3.63, 3.8) is 0 Å². The summed E-state index contributed by atoms with van der Waals surface area (Å²) in [7, 11) is 0. The number of carbonyl (C=O) groups is 1. The Morgan fingerprint density at radius 2 is 1.77 bits per heavy atom. The minimum absolute atomic E-state index is 0.0468. The van der Waals surface area contributed by atoms with Crippen LogP contribution in [-0.4, -0.2) is 18.2 Å². The van der Waals surface area contributed by atoms with Crippen molar-refractivity contribution in [2.45, 2.75) is 70.4 Å². The van der Waals surface area contributed by atoms with Crippen LogP contribution in [0.25, 0.3) is 10.8 Å². The van der Waals surface area contributed by atoms with E-state index in [0.29, 0.717) is 11.6 Å².